The van der Waals surface area contributed by atoms with E-state index in [0.29, 0.717) is 6.61 Å². The molecule has 3 nitrogen and oxygen atoms in total. The molecule has 0 aliphatic heterocycles. The minimum atomic E-state index is 0.685. The van der Waals surface area contributed by atoms with Crippen LogP contribution in [0.5, 0.6) is 5.75 Å². The highest BCUT2D eigenvalue weighted by molar-refractivity contribution is 5.98. The molecule has 1 aromatic carbocycles. The van der Waals surface area contributed by atoms with Crippen LogP contribution in [0.25, 0.3) is 0 Å². The number of ether oxygens (including phenoxy) is 1. The van der Waals surface area contributed by atoms with E-state index < -0.39 is 0 Å². The van der Waals surface area contributed by atoms with Gasteiger partial charge in [-0.3, -0.25) is 0 Å². The zero-order valence-corrected chi connectivity index (χ0v) is 8.78. The lowest BCUT2D eigenvalue weighted by molar-refractivity contribution is 0.213. The molecule has 0 radical (unpaired) electrons. The highest BCUT2D eigenvalue weighted by Crippen LogP contribution is 2.12. The molecule has 0 aromatic heterocycles. The molecule has 0 bridgehead atoms. The van der Waals surface area contributed by atoms with Gasteiger partial charge in [0.25, 0.3) is 0 Å². The summed E-state index contributed by atoms with van der Waals surface area (Å²) in [4.78, 5) is 4.69. The highest BCUT2D eigenvalue weighted by atomic mass is 16.6. The lowest BCUT2D eigenvalue weighted by Crippen LogP contribution is -1.96. The van der Waals surface area contributed by atoms with Gasteiger partial charge in [0, 0.05) is 0 Å². The topological polar surface area (TPSA) is 30.8 Å². The van der Waals surface area contributed by atoms with Gasteiger partial charge in [-0.1, -0.05) is 5.16 Å². The van der Waals surface area contributed by atoms with Crippen molar-refractivity contribution in [3.8, 4) is 5.75 Å². The summed E-state index contributed by atoms with van der Waals surface area (Å²) in [6, 6.07) is 7.77. The van der Waals surface area contributed by atoms with E-state index in [0.717, 1.165) is 17.0 Å². The predicted molar refractivity (Wildman–Crippen MR) is 56.8 cm³/mol. The first-order valence-electron chi connectivity index (χ1n) is 4.59. The maximum Gasteiger partial charge on any atom is 0.119 e. The van der Waals surface area contributed by atoms with Gasteiger partial charge in [-0.2, -0.15) is 0 Å². The van der Waals surface area contributed by atoms with E-state index in [4.69, 9.17) is 9.57 Å². The number of hydrogen-bond donors (Lipinski definition) is 0. The Morgan fingerprint density at radius 3 is 2.43 bits per heavy atom. The Labute approximate surface area is 84.3 Å². The van der Waals surface area contributed by atoms with Crippen molar-refractivity contribution in [3.63, 3.8) is 0 Å². The molecule has 0 saturated carbocycles. The predicted octanol–water partition coefficient (Wildman–Crippen LogP) is 2.46. The lowest BCUT2D eigenvalue weighted by atomic mass is 10.1. The van der Waals surface area contributed by atoms with Crippen molar-refractivity contribution in [3.05, 3.63) is 29.8 Å². The van der Waals surface area contributed by atoms with Crippen LogP contribution in [0, 0.1) is 0 Å². The summed E-state index contributed by atoms with van der Waals surface area (Å²) in [5, 5.41) is 3.85. The van der Waals surface area contributed by atoms with E-state index in [1.54, 1.807) is 0 Å². The number of nitrogens with zero attached hydrogens (tertiary/aromatic N) is 1. The molecule has 0 heterocycles. The zero-order valence-electron chi connectivity index (χ0n) is 8.78. The third kappa shape index (κ3) is 2.76. The van der Waals surface area contributed by atoms with E-state index in [1.165, 1.54) is 7.11 Å². The molecule has 0 spiro atoms. The molecule has 0 atom stereocenters. The first kappa shape index (κ1) is 10.6. The van der Waals surface area contributed by atoms with Crippen LogP contribution in [0.2, 0.25) is 0 Å². The van der Waals surface area contributed by atoms with Crippen LogP contribution >= 0.6 is 0 Å². The van der Waals surface area contributed by atoms with E-state index in [2.05, 4.69) is 5.16 Å². The van der Waals surface area contributed by atoms with Crippen LogP contribution in [-0.4, -0.2) is 19.4 Å². The molecule has 1 aromatic rings. The van der Waals surface area contributed by atoms with Crippen LogP contribution < -0.4 is 4.74 Å². The maximum absolute atomic E-state index is 5.33. The Hall–Kier alpha value is -1.51. The summed E-state index contributed by atoms with van der Waals surface area (Å²) in [6.07, 6.45) is 0. The fourth-order valence-corrected chi connectivity index (χ4v) is 1.15. The Bertz CT molecular complexity index is 304. The fraction of sp³-hybridized carbons (Fsp3) is 0.364. The molecule has 0 saturated heterocycles. The number of benzene rings is 1. The molecular weight excluding hydrogens is 178 g/mol. The van der Waals surface area contributed by atoms with Gasteiger partial charge in [-0.25, -0.2) is 0 Å². The normalized spacial score (nSPS) is 11.2. The zero-order chi connectivity index (χ0) is 10.4. The summed E-state index contributed by atoms with van der Waals surface area (Å²) < 4.78 is 5.33. The van der Waals surface area contributed by atoms with Gasteiger partial charge in [0.2, 0.25) is 0 Å². The average Bonchev–Trinajstić information content (AvgIpc) is 2.20. The van der Waals surface area contributed by atoms with Gasteiger partial charge in [0.15, 0.2) is 0 Å². The Morgan fingerprint density at radius 1 is 1.29 bits per heavy atom. The van der Waals surface area contributed by atoms with Gasteiger partial charge < -0.3 is 9.57 Å². The minimum absolute atomic E-state index is 0.685. The Kier molecular flexibility index (Phi) is 3.98. The van der Waals surface area contributed by atoms with Crippen molar-refractivity contribution in [1.29, 1.82) is 0 Å². The second-order valence-corrected chi connectivity index (χ2v) is 2.82. The van der Waals surface area contributed by atoms with Crippen LogP contribution in [0.1, 0.15) is 19.4 Å². The maximum atomic E-state index is 5.33. The summed E-state index contributed by atoms with van der Waals surface area (Å²) in [6.45, 7) is 4.55. The molecule has 0 aliphatic carbocycles. The number of hydrogen-bond acceptors (Lipinski definition) is 3. The first-order chi connectivity index (χ1) is 6.77. The largest absolute Gasteiger partial charge is 0.494 e. The van der Waals surface area contributed by atoms with Crippen molar-refractivity contribution in [2.45, 2.75) is 13.8 Å². The molecule has 76 valence electrons. The van der Waals surface area contributed by atoms with Gasteiger partial charge in [0.05, 0.1) is 12.3 Å². The van der Waals surface area contributed by atoms with Gasteiger partial charge >= 0.3 is 0 Å². The summed E-state index contributed by atoms with van der Waals surface area (Å²) in [5.74, 6) is 0.876. The van der Waals surface area contributed by atoms with E-state index in [1.807, 2.05) is 38.1 Å². The SMILES string of the molecule is CCOc1ccc(C(C)=NOC)cc1. The molecule has 14 heavy (non-hydrogen) atoms. The Morgan fingerprint density at radius 2 is 1.93 bits per heavy atom. The van der Waals surface area contributed by atoms with Crippen molar-refractivity contribution in [2.24, 2.45) is 5.16 Å². The second kappa shape index (κ2) is 5.27. The van der Waals surface area contributed by atoms with Gasteiger partial charge in [-0.15, -0.1) is 0 Å². The van der Waals surface area contributed by atoms with Crippen molar-refractivity contribution in [2.75, 3.05) is 13.7 Å². The van der Waals surface area contributed by atoms with Gasteiger partial charge in [-0.05, 0) is 43.7 Å². The van der Waals surface area contributed by atoms with E-state index in [9.17, 15) is 0 Å². The van der Waals surface area contributed by atoms with E-state index in [-0.39, 0.29) is 0 Å². The standard InChI is InChI=1S/C11H15NO2/c1-4-14-11-7-5-10(6-8-11)9(2)12-13-3/h5-8H,4H2,1-3H3. The van der Waals surface area contributed by atoms with Crippen molar-refractivity contribution in [1.82, 2.24) is 0 Å². The minimum Gasteiger partial charge on any atom is -0.494 e. The first-order valence-corrected chi connectivity index (χ1v) is 4.59. The number of oxime groups is 1. The molecule has 0 fully saturated rings. The fourth-order valence-electron chi connectivity index (χ4n) is 1.15. The molecule has 3 heteroatoms. The summed E-state index contributed by atoms with van der Waals surface area (Å²) >= 11 is 0. The summed E-state index contributed by atoms with van der Waals surface area (Å²) in [5.41, 5.74) is 1.89. The van der Waals surface area contributed by atoms with Crippen LogP contribution in [-0.2, 0) is 4.84 Å². The average molecular weight is 193 g/mol. The van der Waals surface area contributed by atoms with Crippen molar-refractivity contribution >= 4 is 5.71 Å². The smallest absolute Gasteiger partial charge is 0.119 e. The molecule has 0 N–H and O–H groups in total. The van der Waals surface area contributed by atoms with Crippen LogP contribution in [0.15, 0.2) is 29.4 Å². The lowest BCUT2D eigenvalue weighted by Gasteiger charge is -2.04. The molecule has 0 aliphatic rings. The van der Waals surface area contributed by atoms with Crippen LogP contribution in [0.4, 0.5) is 0 Å². The molecular formula is C11H15NO2. The van der Waals surface area contributed by atoms with E-state index >= 15 is 0 Å². The number of rotatable bonds is 4. The van der Waals surface area contributed by atoms with Crippen molar-refractivity contribution < 1.29 is 9.57 Å². The van der Waals surface area contributed by atoms with Crippen LogP contribution in [0.3, 0.4) is 0 Å². The quantitative estimate of drug-likeness (QED) is 0.543. The molecule has 1 rings (SSSR count). The third-order valence-electron chi connectivity index (χ3n) is 1.81. The third-order valence-corrected chi connectivity index (χ3v) is 1.81. The Balaban J connectivity index is 2.77. The highest BCUT2D eigenvalue weighted by Gasteiger charge is 1.98. The summed E-state index contributed by atoms with van der Waals surface area (Å²) in [7, 11) is 1.54. The van der Waals surface area contributed by atoms with Gasteiger partial charge in [0.1, 0.15) is 12.9 Å². The second-order valence-electron chi connectivity index (χ2n) is 2.82. The monoisotopic (exact) mass is 193 g/mol. The molecule has 0 unspecified atom stereocenters. The molecule has 0 amide bonds.